The first-order valence-corrected chi connectivity index (χ1v) is 11.3. The molecule has 1 aliphatic heterocycles. The van der Waals surface area contributed by atoms with E-state index in [9.17, 15) is 13.2 Å². The lowest BCUT2D eigenvalue weighted by Crippen LogP contribution is -2.33. The number of nitrogens with one attached hydrogen (secondary N) is 1. The van der Waals surface area contributed by atoms with Crippen LogP contribution in [0.5, 0.6) is 5.75 Å². The van der Waals surface area contributed by atoms with Gasteiger partial charge < -0.3 is 10.1 Å². The summed E-state index contributed by atoms with van der Waals surface area (Å²) in [6.45, 7) is 0. The predicted octanol–water partition coefficient (Wildman–Crippen LogP) is 4.07. The Bertz CT molecular complexity index is 1120. The Morgan fingerprint density at radius 1 is 1.11 bits per heavy atom. The van der Waals surface area contributed by atoms with Crippen LogP contribution in [0.1, 0.15) is 27.7 Å². The van der Waals surface area contributed by atoms with Crippen molar-refractivity contribution in [1.82, 2.24) is 5.32 Å². The van der Waals surface area contributed by atoms with Gasteiger partial charge in [0.15, 0.2) is 9.84 Å². The van der Waals surface area contributed by atoms with Crippen LogP contribution in [-0.4, -0.2) is 27.2 Å². The highest BCUT2D eigenvalue weighted by Crippen LogP contribution is 2.37. The molecular formula is C21H19NO4S2. The molecule has 0 saturated heterocycles. The van der Waals surface area contributed by atoms with Crippen LogP contribution in [0, 0.1) is 0 Å². The molecule has 0 spiro atoms. The van der Waals surface area contributed by atoms with Gasteiger partial charge in [0, 0.05) is 4.88 Å². The fourth-order valence-electron chi connectivity index (χ4n) is 3.39. The van der Waals surface area contributed by atoms with Crippen molar-refractivity contribution in [3.8, 4) is 16.2 Å². The van der Waals surface area contributed by atoms with Gasteiger partial charge in [-0.2, -0.15) is 0 Å². The van der Waals surface area contributed by atoms with Crippen LogP contribution >= 0.6 is 11.3 Å². The van der Waals surface area contributed by atoms with E-state index in [-0.39, 0.29) is 17.7 Å². The van der Waals surface area contributed by atoms with Crippen LogP contribution in [0.3, 0.4) is 0 Å². The Kier molecular flexibility index (Phi) is 4.95. The first-order valence-electron chi connectivity index (χ1n) is 8.85. The summed E-state index contributed by atoms with van der Waals surface area (Å²) in [6, 6.07) is 18.2. The fourth-order valence-corrected chi connectivity index (χ4v) is 6.05. The monoisotopic (exact) mass is 413 g/mol. The highest BCUT2D eigenvalue weighted by atomic mass is 32.2. The average Bonchev–Trinajstić information content (AvgIpc) is 3.16. The van der Waals surface area contributed by atoms with Crippen molar-refractivity contribution in [2.75, 3.05) is 12.9 Å². The maximum Gasteiger partial charge on any atom is 0.265 e. The SMILES string of the molecule is COc1cc(-c2ccccc2)sc1C(=O)NC1CCS(=O)(=O)c2ccccc21. The lowest BCUT2D eigenvalue weighted by molar-refractivity contribution is 0.0936. The summed E-state index contributed by atoms with van der Waals surface area (Å²) in [5, 5.41) is 3.00. The Labute approximate surface area is 167 Å². The highest BCUT2D eigenvalue weighted by Gasteiger charge is 2.31. The van der Waals surface area contributed by atoms with Gasteiger partial charge in [-0.25, -0.2) is 8.42 Å². The summed E-state index contributed by atoms with van der Waals surface area (Å²) in [5.41, 5.74) is 1.65. The van der Waals surface area contributed by atoms with Crippen molar-refractivity contribution in [1.29, 1.82) is 0 Å². The van der Waals surface area contributed by atoms with Crippen LogP contribution in [0.25, 0.3) is 10.4 Å². The molecule has 1 N–H and O–H groups in total. The topological polar surface area (TPSA) is 72.5 Å². The molecule has 7 heteroatoms. The smallest absolute Gasteiger partial charge is 0.265 e. The minimum absolute atomic E-state index is 0.0196. The third-order valence-corrected chi connectivity index (χ3v) is 7.77. The summed E-state index contributed by atoms with van der Waals surface area (Å²) >= 11 is 1.36. The average molecular weight is 414 g/mol. The first-order chi connectivity index (χ1) is 13.5. The molecule has 0 radical (unpaired) electrons. The van der Waals surface area contributed by atoms with Gasteiger partial charge in [0.25, 0.3) is 5.91 Å². The molecule has 0 bridgehead atoms. The van der Waals surface area contributed by atoms with E-state index < -0.39 is 9.84 Å². The second kappa shape index (κ2) is 7.41. The van der Waals surface area contributed by atoms with E-state index in [0.29, 0.717) is 27.5 Å². The fraction of sp³-hybridized carbons (Fsp3) is 0.190. The number of sulfone groups is 1. The van der Waals surface area contributed by atoms with Gasteiger partial charge in [0.1, 0.15) is 10.6 Å². The zero-order chi connectivity index (χ0) is 19.7. The molecule has 1 unspecified atom stereocenters. The standard InChI is InChI=1S/C21H19NO4S2/c1-26-17-13-18(14-7-3-2-4-8-14)27-20(17)21(23)22-16-11-12-28(24,25)19-10-6-5-9-15(16)19/h2-10,13,16H,11-12H2,1H3,(H,22,23). The predicted molar refractivity (Wildman–Crippen MR) is 110 cm³/mol. The first kappa shape index (κ1) is 18.7. The van der Waals surface area contributed by atoms with E-state index >= 15 is 0 Å². The van der Waals surface area contributed by atoms with Gasteiger partial charge >= 0.3 is 0 Å². The van der Waals surface area contributed by atoms with Gasteiger partial charge in [0.05, 0.1) is 23.8 Å². The number of thiophene rings is 1. The quantitative estimate of drug-likeness (QED) is 0.700. The van der Waals surface area contributed by atoms with Crippen LogP contribution in [0.4, 0.5) is 0 Å². The van der Waals surface area contributed by atoms with Crippen molar-refractivity contribution in [2.24, 2.45) is 0 Å². The Hall–Kier alpha value is -2.64. The molecule has 1 amide bonds. The molecule has 28 heavy (non-hydrogen) atoms. The molecule has 144 valence electrons. The molecule has 2 heterocycles. The third kappa shape index (κ3) is 3.43. The molecule has 1 atom stereocenters. The number of fused-ring (bicyclic) bond motifs is 1. The Morgan fingerprint density at radius 2 is 1.82 bits per heavy atom. The van der Waals surface area contributed by atoms with E-state index in [1.165, 1.54) is 18.4 Å². The van der Waals surface area contributed by atoms with Gasteiger partial charge in [-0.1, -0.05) is 48.5 Å². The van der Waals surface area contributed by atoms with Crippen LogP contribution in [0.2, 0.25) is 0 Å². The van der Waals surface area contributed by atoms with E-state index in [1.807, 2.05) is 36.4 Å². The number of methoxy groups -OCH3 is 1. The normalized spacial score (nSPS) is 17.5. The number of ether oxygens (including phenoxy) is 1. The third-order valence-electron chi connectivity index (χ3n) is 4.79. The van der Waals surface area contributed by atoms with Crippen molar-refractivity contribution in [3.05, 3.63) is 71.1 Å². The Balaban J connectivity index is 1.64. The number of amides is 1. The lowest BCUT2D eigenvalue weighted by Gasteiger charge is -2.26. The number of hydrogen-bond acceptors (Lipinski definition) is 5. The minimum atomic E-state index is -3.29. The maximum atomic E-state index is 13.0. The van der Waals surface area contributed by atoms with Crippen LogP contribution in [0.15, 0.2) is 65.6 Å². The maximum absolute atomic E-state index is 13.0. The molecular weight excluding hydrogens is 394 g/mol. The Morgan fingerprint density at radius 3 is 2.57 bits per heavy atom. The summed E-state index contributed by atoms with van der Waals surface area (Å²) < 4.78 is 30.0. The van der Waals surface area contributed by atoms with Crippen molar-refractivity contribution in [2.45, 2.75) is 17.4 Å². The molecule has 1 aromatic heterocycles. The van der Waals surface area contributed by atoms with Crippen LogP contribution < -0.4 is 10.1 Å². The number of carbonyl (C=O) groups is 1. The van der Waals surface area contributed by atoms with Gasteiger partial charge in [0.2, 0.25) is 0 Å². The van der Waals surface area contributed by atoms with Crippen molar-refractivity contribution < 1.29 is 17.9 Å². The van der Waals surface area contributed by atoms with Crippen molar-refractivity contribution in [3.63, 3.8) is 0 Å². The number of carbonyl (C=O) groups excluding carboxylic acids is 1. The molecule has 2 aromatic carbocycles. The molecule has 0 fully saturated rings. The molecule has 5 nitrogen and oxygen atoms in total. The zero-order valence-corrected chi connectivity index (χ0v) is 16.8. The largest absolute Gasteiger partial charge is 0.495 e. The van der Waals surface area contributed by atoms with E-state index in [2.05, 4.69) is 5.32 Å². The second-order valence-corrected chi connectivity index (χ2v) is 9.68. The zero-order valence-electron chi connectivity index (χ0n) is 15.2. The molecule has 0 aliphatic carbocycles. The highest BCUT2D eigenvalue weighted by molar-refractivity contribution is 7.91. The van der Waals surface area contributed by atoms with E-state index in [1.54, 1.807) is 24.3 Å². The molecule has 3 aromatic rings. The van der Waals surface area contributed by atoms with Gasteiger partial charge in [-0.15, -0.1) is 11.3 Å². The molecule has 1 aliphatic rings. The number of benzene rings is 2. The second-order valence-electron chi connectivity index (χ2n) is 6.55. The summed E-state index contributed by atoms with van der Waals surface area (Å²) in [6.07, 6.45) is 0.352. The van der Waals surface area contributed by atoms with Crippen molar-refractivity contribution >= 4 is 27.1 Å². The van der Waals surface area contributed by atoms with Gasteiger partial charge in [-0.05, 0) is 29.7 Å². The van der Waals surface area contributed by atoms with E-state index in [0.717, 1.165) is 10.4 Å². The van der Waals surface area contributed by atoms with Crippen LogP contribution in [-0.2, 0) is 9.84 Å². The van der Waals surface area contributed by atoms with Gasteiger partial charge in [-0.3, -0.25) is 4.79 Å². The lowest BCUT2D eigenvalue weighted by atomic mass is 10.0. The minimum Gasteiger partial charge on any atom is -0.495 e. The summed E-state index contributed by atoms with van der Waals surface area (Å²) in [7, 11) is -1.76. The molecule has 4 rings (SSSR count). The van der Waals surface area contributed by atoms with E-state index in [4.69, 9.17) is 4.74 Å². The number of rotatable bonds is 4. The molecule has 0 saturated carbocycles. The summed E-state index contributed by atoms with van der Waals surface area (Å²) in [4.78, 5) is 14.7. The summed E-state index contributed by atoms with van der Waals surface area (Å²) in [5.74, 6) is 0.271. The number of hydrogen-bond donors (Lipinski definition) is 1.